The van der Waals surface area contributed by atoms with Crippen molar-refractivity contribution in [1.29, 1.82) is 0 Å². The minimum absolute atomic E-state index is 0.0830. The highest BCUT2D eigenvalue weighted by molar-refractivity contribution is 7.14. The zero-order chi connectivity index (χ0) is 13.5. The molecule has 0 aliphatic heterocycles. The summed E-state index contributed by atoms with van der Waals surface area (Å²) in [5, 5.41) is 16.2. The number of carbonyl (C=O) groups is 2. The molecule has 2 amide bonds. The molecular weight excluding hydrogens is 258 g/mol. The first-order chi connectivity index (χ1) is 8.52. The summed E-state index contributed by atoms with van der Waals surface area (Å²) < 4.78 is 4.73. The maximum atomic E-state index is 11.6. The van der Waals surface area contributed by atoms with Gasteiger partial charge in [-0.25, -0.2) is 4.98 Å². The largest absolute Gasteiger partial charge is 0.389 e. The molecule has 100 valence electrons. The normalized spacial score (nSPS) is 11.9. The van der Waals surface area contributed by atoms with Crippen molar-refractivity contribution in [2.75, 3.05) is 25.6 Å². The molecule has 7 nitrogen and oxygen atoms in total. The van der Waals surface area contributed by atoms with Crippen LogP contribution < -0.4 is 10.6 Å². The SMILES string of the molecule is COCC(O)CNC(=O)c1csc(NC(C)=O)n1. The lowest BCUT2D eigenvalue weighted by atomic mass is 10.3. The van der Waals surface area contributed by atoms with Crippen LogP contribution in [0.2, 0.25) is 0 Å². The molecule has 1 rings (SSSR count). The van der Waals surface area contributed by atoms with Gasteiger partial charge in [0, 0.05) is 26.0 Å². The number of aliphatic hydroxyl groups is 1. The van der Waals surface area contributed by atoms with Crippen LogP contribution >= 0.6 is 11.3 Å². The quantitative estimate of drug-likeness (QED) is 0.668. The summed E-state index contributed by atoms with van der Waals surface area (Å²) in [6.07, 6.45) is -0.757. The second-order valence-electron chi connectivity index (χ2n) is 3.54. The Hall–Kier alpha value is -1.51. The second kappa shape index (κ2) is 7.04. The van der Waals surface area contributed by atoms with Gasteiger partial charge in [0.25, 0.3) is 5.91 Å². The van der Waals surface area contributed by atoms with Crippen LogP contribution in [0.1, 0.15) is 17.4 Å². The van der Waals surface area contributed by atoms with Gasteiger partial charge in [0.05, 0.1) is 12.7 Å². The number of ether oxygens (including phenoxy) is 1. The minimum Gasteiger partial charge on any atom is -0.389 e. The Morgan fingerprint density at radius 1 is 1.61 bits per heavy atom. The first kappa shape index (κ1) is 14.6. The fourth-order valence-corrected chi connectivity index (χ4v) is 1.88. The number of aliphatic hydroxyl groups excluding tert-OH is 1. The van der Waals surface area contributed by atoms with E-state index in [4.69, 9.17) is 4.74 Å². The van der Waals surface area contributed by atoms with Crippen molar-refractivity contribution in [2.24, 2.45) is 0 Å². The van der Waals surface area contributed by atoms with E-state index in [1.54, 1.807) is 0 Å². The molecule has 1 unspecified atom stereocenters. The molecular formula is C10H15N3O4S. The molecule has 0 aromatic carbocycles. The number of carbonyl (C=O) groups excluding carboxylic acids is 2. The molecule has 0 radical (unpaired) electrons. The molecule has 1 atom stereocenters. The van der Waals surface area contributed by atoms with Crippen LogP contribution in [0.15, 0.2) is 5.38 Å². The molecule has 1 aromatic rings. The fourth-order valence-electron chi connectivity index (χ4n) is 1.14. The van der Waals surface area contributed by atoms with Crippen LogP contribution in [-0.4, -0.2) is 48.3 Å². The van der Waals surface area contributed by atoms with Crippen molar-refractivity contribution in [1.82, 2.24) is 10.3 Å². The van der Waals surface area contributed by atoms with Crippen molar-refractivity contribution in [3.63, 3.8) is 0 Å². The van der Waals surface area contributed by atoms with Gasteiger partial charge in [-0.2, -0.15) is 0 Å². The number of rotatable bonds is 6. The van der Waals surface area contributed by atoms with Crippen molar-refractivity contribution in [3.8, 4) is 0 Å². The first-order valence-electron chi connectivity index (χ1n) is 5.21. The molecule has 0 saturated carbocycles. The van der Waals surface area contributed by atoms with Gasteiger partial charge in [-0.15, -0.1) is 11.3 Å². The van der Waals surface area contributed by atoms with Crippen molar-refractivity contribution >= 4 is 28.3 Å². The Balaban J connectivity index is 2.46. The highest BCUT2D eigenvalue weighted by atomic mass is 32.1. The van der Waals surface area contributed by atoms with Gasteiger partial charge in [-0.3, -0.25) is 9.59 Å². The lowest BCUT2D eigenvalue weighted by molar-refractivity contribution is -0.114. The number of aromatic nitrogens is 1. The average molecular weight is 273 g/mol. The smallest absolute Gasteiger partial charge is 0.270 e. The third-order valence-corrected chi connectivity index (χ3v) is 2.63. The van der Waals surface area contributed by atoms with E-state index in [9.17, 15) is 14.7 Å². The predicted octanol–water partition coefficient (Wildman–Crippen LogP) is -0.161. The van der Waals surface area contributed by atoms with Gasteiger partial charge < -0.3 is 20.5 Å². The number of methoxy groups -OCH3 is 1. The van der Waals surface area contributed by atoms with Gasteiger partial charge in [0.1, 0.15) is 5.69 Å². The molecule has 18 heavy (non-hydrogen) atoms. The molecule has 0 spiro atoms. The van der Waals surface area contributed by atoms with Crippen molar-refractivity contribution in [2.45, 2.75) is 13.0 Å². The molecule has 0 bridgehead atoms. The predicted molar refractivity (Wildman–Crippen MR) is 66.6 cm³/mol. The Kier molecular flexibility index (Phi) is 5.69. The van der Waals surface area contributed by atoms with Gasteiger partial charge in [-0.1, -0.05) is 0 Å². The molecule has 0 aliphatic carbocycles. The van der Waals surface area contributed by atoms with Crippen LogP contribution in [0.3, 0.4) is 0 Å². The summed E-state index contributed by atoms with van der Waals surface area (Å²) in [6.45, 7) is 1.59. The Labute approximate surface area is 108 Å². The van der Waals surface area contributed by atoms with Crippen molar-refractivity contribution in [3.05, 3.63) is 11.1 Å². The zero-order valence-electron chi connectivity index (χ0n) is 10.1. The Morgan fingerprint density at radius 3 is 2.94 bits per heavy atom. The van der Waals surface area contributed by atoms with E-state index >= 15 is 0 Å². The van der Waals surface area contributed by atoms with Crippen LogP contribution in [-0.2, 0) is 9.53 Å². The van der Waals surface area contributed by atoms with Crippen LogP contribution in [0, 0.1) is 0 Å². The summed E-state index contributed by atoms with van der Waals surface area (Å²) in [5.74, 6) is -0.648. The lowest BCUT2D eigenvalue weighted by Gasteiger charge is -2.09. The number of thiazole rings is 1. The van der Waals surface area contributed by atoms with E-state index in [0.29, 0.717) is 5.13 Å². The molecule has 0 aliphatic rings. The third-order valence-electron chi connectivity index (χ3n) is 1.88. The third kappa shape index (κ3) is 4.78. The summed E-state index contributed by atoms with van der Waals surface area (Å²) in [7, 11) is 1.46. The van der Waals surface area contributed by atoms with Gasteiger partial charge in [-0.05, 0) is 0 Å². The summed E-state index contributed by atoms with van der Waals surface area (Å²) in [5.41, 5.74) is 0.202. The monoisotopic (exact) mass is 273 g/mol. The second-order valence-corrected chi connectivity index (χ2v) is 4.40. The van der Waals surface area contributed by atoms with Crippen LogP contribution in [0.5, 0.6) is 0 Å². The van der Waals surface area contributed by atoms with E-state index in [-0.39, 0.29) is 24.8 Å². The van der Waals surface area contributed by atoms with E-state index in [2.05, 4.69) is 15.6 Å². The molecule has 1 aromatic heterocycles. The summed E-state index contributed by atoms with van der Waals surface area (Å²) in [4.78, 5) is 26.3. The highest BCUT2D eigenvalue weighted by Crippen LogP contribution is 2.14. The number of nitrogens with one attached hydrogen (secondary N) is 2. The van der Waals surface area contributed by atoms with Crippen molar-refractivity contribution < 1.29 is 19.4 Å². The Bertz CT molecular complexity index is 421. The maximum Gasteiger partial charge on any atom is 0.270 e. The van der Waals surface area contributed by atoms with E-state index < -0.39 is 12.0 Å². The minimum atomic E-state index is -0.757. The maximum absolute atomic E-state index is 11.6. The van der Waals surface area contributed by atoms with Gasteiger partial charge >= 0.3 is 0 Å². The topological polar surface area (TPSA) is 101 Å². The number of anilines is 1. The van der Waals surface area contributed by atoms with Gasteiger partial charge in [0.2, 0.25) is 5.91 Å². The zero-order valence-corrected chi connectivity index (χ0v) is 10.9. The standard InChI is InChI=1S/C10H15N3O4S/c1-6(14)12-10-13-8(5-18-10)9(16)11-3-7(15)4-17-2/h5,7,15H,3-4H2,1-2H3,(H,11,16)(H,12,13,14). The highest BCUT2D eigenvalue weighted by Gasteiger charge is 2.12. The molecule has 3 N–H and O–H groups in total. The molecule has 0 fully saturated rings. The summed E-state index contributed by atoms with van der Waals surface area (Å²) in [6, 6.07) is 0. The Morgan fingerprint density at radius 2 is 2.33 bits per heavy atom. The first-order valence-corrected chi connectivity index (χ1v) is 6.09. The fraction of sp³-hybridized carbons (Fsp3) is 0.500. The molecule has 1 heterocycles. The molecule has 8 heteroatoms. The summed E-state index contributed by atoms with van der Waals surface area (Å²) >= 11 is 1.16. The molecule has 0 saturated heterocycles. The van der Waals surface area contributed by atoms with Crippen LogP contribution in [0.4, 0.5) is 5.13 Å². The number of amides is 2. The number of hydrogen-bond donors (Lipinski definition) is 3. The van der Waals surface area contributed by atoms with E-state index in [0.717, 1.165) is 11.3 Å². The van der Waals surface area contributed by atoms with Gasteiger partial charge in [0.15, 0.2) is 5.13 Å². The number of hydrogen-bond acceptors (Lipinski definition) is 6. The van der Waals surface area contributed by atoms with E-state index in [1.165, 1.54) is 19.4 Å². The lowest BCUT2D eigenvalue weighted by Crippen LogP contribution is -2.34. The average Bonchev–Trinajstić information content (AvgIpc) is 2.74. The number of nitrogens with zero attached hydrogens (tertiary/aromatic N) is 1. The van der Waals surface area contributed by atoms with E-state index in [1.807, 2.05) is 0 Å². The van der Waals surface area contributed by atoms with Crippen LogP contribution in [0.25, 0.3) is 0 Å².